The fourth-order valence-electron chi connectivity index (χ4n) is 1.89. The number of ether oxygens (including phenoxy) is 2. The molecule has 112 valence electrons. The van der Waals surface area contributed by atoms with Gasteiger partial charge in [-0.15, -0.1) is 0 Å². The number of benzene rings is 1. The van der Waals surface area contributed by atoms with Crippen molar-refractivity contribution in [3.63, 3.8) is 0 Å². The minimum absolute atomic E-state index is 0.156. The van der Waals surface area contributed by atoms with E-state index < -0.39 is 23.8 Å². The van der Waals surface area contributed by atoms with Crippen molar-refractivity contribution in [3.05, 3.63) is 29.8 Å². The second kappa shape index (κ2) is 6.72. The maximum atomic E-state index is 11.5. The van der Waals surface area contributed by atoms with Crippen LogP contribution < -0.4 is 4.74 Å². The van der Waals surface area contributed by atoms with E-state index in [1.54, 1.807) is 26.0 Å². The molecule has 0 radical (unpaired) electrons. The predicted molar refractivity (Wildman–Crippen MR) is 75.0 cm³/mol. The number of aliphatic hydroxyl groups is 1. The number of carboxylic acid groups (broad SMARTS) is 1. The molecule has 0 spiro atoms. The van der Waals surface area contributed by atoms with Crippen molar-refractivity contribution in [1.82, 2.24) is 0 Å². The van der Waals surface area contributed by atoms with Crippen molar-refractivity contribution in [2.45, 2.75) is 45.0 Å². The molecule has 1 aromatic carbocycles. The molecule has 5 nitrogen and oxygen atoms in total. The lowest BCUT2D eigenvalue weighted by Gasteiger charge is -2.30. The molecule has 3 unspecified atom stereocenters. The Morgan fingerprint density at radius 1 is 1.35 bits per heavy atom. The molecular formula is C15H22O5. The SMILES string of the molecule is COc1ccccc1CC(C)(OC(C)C(C)O)C(=O)O. The van der Waals surface area contributed by atoms with Gasteiger partial charge in [0.1, 0.15) is 5.75 Å². The van der Waals surface area contributed by atoms with E-state index in [1.807, 2.05) is 12.1 Å². The molecule has 3 atom stereocenters. The van der Waals surface area contributed by atoms with E-state index in [2.05, 4.69) is 0 Å². The maximum Gasteiger partial charge on any atom is 0.336 e. The van der Waals surface area contributed by atoms with Gasteiger partial charge in [0.2, 0.25) is 0 Å². The third-order valence-corrected chi connectivity index (χ3v) is 3.30. The highest BCUT2D eigenvalue weighted by atomic mass is 16.5. The minimum Gasteiger partial charge on any atom is -0.496 e. The quantitative estimate of drug-likeness (QED) is 0.798. The van der Waals surface area contributed by atoms with E-state index >= 15 is 0 Å². The molecule has 0 saturated heterocycles. The van der Waals surface area contributed by atoms with E-state index in [-0.39, 0.29) is 6.42 Å². The fourth-order valence-corrected chi connectivity index (χ4v) is 1.89. The number of hydrogen-bond acceptors (Lipinski definition) is 4. The highest BCUT2D eigenvalue weighted by molar-refractivity contribution is 5.77. The van der Waals surface area contributed by atoms with Gasteiger partial charge in [-0.2, -0.15) is 0 Å². The third-order valence-electron chi connectivity index (χ3n) is 3.30. The molecule has 0 aliphatic rings. The number of hydrogen-bond donors (Lipinski definition) is 2. The summed E-state index contributed by atoms with van der Waals surface area (Å²) in [5.74, 6) is -0.454. The predicted octanol–water partition coefficient (Wildman–Crippen LogP) is 1.87. The highest BCUT2D eigenvalue weighted by Gasteiger charge is 2.37. The lowest BCUT2D eigenvalue weighted by molar-refractivity contribution is -0.176. The van der Waals surface area contributed by atoms with Gasteiger partial charge in [-0.3, -0.25) is 0 Å². The van der Waals surface area contributed by atoms with Gasteiger partial charge in [-0.25, -0.2) is 4.79 Å². The summed E-state index contributed by atoms with van der Waals surface area (Å²) in [4.78, 5) is 11.5. The molecule has 0 aliphatic carbocycles. The lowest BCUT2D eigenvalue weighted by Crippen LogP contribution is -2.45. The van der Waals surface area contributed by atoms with Crippen molar-refractivity contribution >= 4 is 5.97 Å². The summed E-state index contributed by atoms with van der Waals surface area (Å²) in [6, 6.07) is 7.21. The van der Waals surface area contributed by atoms with Crippen LogP contribution in [-0.2, 0) is 16.0 Å². The first-order valence-electron chi connectivity index (χ1n) is 6.51. The molecule has 0 fully saturated rings. The largest absolute Gasteiger partial charge is 0.496 e. The summed E-state index contributed by atoms with van der Waals surface area (Å²) < 4.78 is 10.8. The first-order valence-corrected chi connectivity index (χ1v) is 6.51. The van der Waals surface area contributed by atoms with Crippen LogP contribution in [0, 0.1) is 0 Å². The highest BCUT2D eigenvalue weighted by Crippen LogP contribution is 2.26. The average molecular weight is 282 g/mol. The van der Waals surface area contributed by atoms with E-state index in [4.69, 9.17) is 9.47 Å². The minimum atomic E-state index is -1.43. The molecule has 0 amide bonds. The van der Waals surface area contributed by atoms with Crippen LogP contribution in [0.5, 0.6) is 5.75 Å². The van der Waals surface area contributed by atoms with Crippen LogP contribution in [0.15, 0.2) is 24.3 Å². The summed E-state index contributed by atoms with van der Waals surface area (Å²) in [5.41, 5.74) is -0.678. The Hall–Kier alpha value is -1.59. The Morgan fingerprint density at radius 3 is 2.45 bits per heavy atom. The second-order valence-corrected chi connectivity index (χ2v) is 5.09. The van der Waals surface area contributed by atoms with E-state index in [0.29, 0.717) is 5.75 Å². The first kappa shape index (κ1) is 16.5. The molecule has 1 rings (SSSR count). The molecule has 20 heavy (non-hydrogen) atoms. The Balaban J connectivity index is 2.99. The average Bonchev–Trinajstić information content (AvgIpc) is 2.38. The number of methoxy groups -OCH3 is 1. The standard InChI is InChI=1S/C15H22O5/c1-10(16)11(2)20-15(3,14(17)18)9-12-7-5-6-8-13(12)19-4/h5-8,10-11,16H,9H2,1-4H3,(H,17,18). The van der Waals surface area contributed by atoms with Crippen molar-refractivity contribution in [2.75, 3.05) is 7.11 Å². The maximum absolute atomic E-state index is 11.5. The zero-order valence-electron chi connectivity index (χ0n) is 12.3. The van der Waals surface area contributed by atoms with Crippen molar-refractivity contribution in [2.24, 2.45) is 0 Å². The topological polar surface area (TPSA) is 76.0 Å². The molecule has 0 aliphatic heterocycles. The van der Waals surface area contributed by atoms with Crippen LogP contribution >= 0.6 is 0 Å². The van der Waals surface area contributed by atoms with E-state index in [9.17, 15) is 15.0 Å². The molecule has 1 aromatic rings. The normalized spacial score (nSPS) is 17.1. The number of aliphatic hydroxyl groups excluding tert-OH is 1. The number of para-hydroxylation sites is 1. The molecule has 0 saturated carbocycles. The first-order chi connectivity index (χ1) is 9.30. The van der Waals surface area contributed by atoms with Crippen LogP contribution in [0.1, 0.15) is 26.3 Å². The number of carboxylic acids is 1. The summed E-state index contributed by atoms with van der Waals surface area (Å²) >= 11 is 0. The van der Waals surface area contributed by atoms with Crippen LogP contribution in [0.25, 0.3) is 0 Å². The Kier molecular flexibility index (Phi) is 5.53. The number of carbonyl (C=O) groups is 1. The smallest absolute Gasteiger partial charge is 0.336 e. The van der Waals surface area contributed by atoms with Crippen LogP contribution in [-0.4, -0.2) is 41.1 Å². The van der Waals surface area contributed by atoms with Gasteiger partial charge in [0, 0.05) is 6.42 Å². The van der Waals surface area contributed by atoms with Gasteiger partial charge in [0.25, 0.3) is 0 Å². The van der Waals surface area contributed by atoms with Gasteiger partial charge in [0.05, 0.1) is 19.3 Å². The molecule has 0 aromatic heterocycles. The zero-order valence-corrected chi connectivity index (χ0v) is 12.3. The van der Waals surface area contributed by atoms with Gasteiger partial charge in [0.15, 0.2) is 5.60 Å². The van der Waals surface area contributed by atoms with Gasteiger partial charge in [-0.05, 0) is 32.4 Å². The van der Waals surface area contributed by atoms with Crippen LogP contribution in [0.3, 0.4) is 0 Å². The molecule has 0 heterocycles. The third kappa shape index (κ3) is 3.95. The van der Waals surface area contributed by atoms with E-state index in [0.717, 1.165) is 5.56 Å². The summed E-state index contributed by atoms with van der Waals surface area (Å²) in [6.45, 7) is 4.71. The summed E-state index contributed by atoms with van der Waals surface area (Å²) in [6.07, 6.45) is -1.17. The van der Waals surface area contributed by atoms with E-state index in [1.165, 1.54) is 14.0 Å². The van der Waals surface area contributed by atoms with Crippen molar-refractivity contribution in [1.29, 1.82) is 0 Å². The lowest BCUT2D eigenvalue weighted by atomic mass is 9.95. The second-order valence-electron chi connectivity index (χ2n) is 5.09. The van der Waals surface area contributed by atoms with Crippen molar-refractivity contribution < 1.29 is 24.5 Å². The fraction of sp³-hybridized carbons (Fsp3) is 0.533. The summed E-state index contributed by atoms with van der Waals surface area (Å²) in [7, 11) is 1.54. The number of aliphatic carboxylic acids is 1. The Labute approximate surface area is 119 Å². The molecular weight excluding hydrogens is 260 g/mol. The molecule has 2 N–H and O–H groups in total. The van der Waals surface area contributed by atoms with Gasteiger partial charge < -0.3 is 19.7 Å². The van der Waals surface area contributed by atoms with Crippen LogP contribution in [0.4, 0.5) is 0 Å². The Morgan fingerprint density at radius 2 is 1.95 bits per heavy atom. The Bertz CT molecular complexity index is 457. The number of rotatable bonds is 7. The monoisotopic (exact) mass is 282 g/mol. The van der Waals surface area contributed by atoms with Gasteiger partial charge in [-0.1, -0.05) is 18.2 Å². The van der Waals surface area contributed by atoms with Crippen molar-refractivity contribution in [3.8, 4) is 5.75 Å². The summed E-state index contributed by atoms with van der Waals surface area (Å²) in [5, 5.41) is 18.9. The molecule has 5 heteroatoms. The molecule has 0 bridgehead atoms. The van der Waals surface area contributed by atoms with Crippen LogP contribution in [0.2, 0.25) is 0 Å². The zero-order chi connectivity index (χ0) is 15.3. The van der Waals surface area contributed by atoms with Gasteiger partial charge >= 0.3 is 5.97 Å².